The summed E-state index contributed by atoms with van der Waals surface area (Å²) in [6.07, 6.45) is 2.83. The zero-order valence-electron chi connectivity index (χ0n) is 16.0. The van der Waals surface area contributed by atoms with Gasteiger partial charge in [0.25, 0.3) is 5.56 Å². The van der Waals surface area contributed by atoms with Gasteiger partial charge in [-0.2, -0.15) is 10.2 Å². The standard InChI is InChI=1S/C19H22N4O3S2/c1-19(2,3)10-4-5-11-12(8-20)17(28-13(11)6-10)21-16(26)9-27-18-22-14(24)7-15(25)23-18/h7,10H,4-6,9H2,1-3H3,(H,21,26)(H2,22,23,24,25). The molecule has 0 saturated carbocycles. The van der Waals surface area contributed by atoms with Crippen LogP contribution < -0.4 is 10.9 Å². The number of anilines is 1. The van der Waals surface area contributed by atoms with Crippen molar-refractivity contribution in [3.63, 3.8) is 0 Å². The highest BCUT2D eigenvalue weighted by Gasteiger charge is 2.32. The molecule has 1 unspecified atom stereocenters. The van der Waals surface area contributed by atoms with Crippen molar-refractivity contribution >= 4 is 34.0 Å². The number of nitrogens with one attached hydrogen (secondary N) is 2. The smallest absolute Gasteiger partial charge is 0.255 e. The first-order chi connectivity index (χ1) is 13.2. The van der Waals surface area contributed by atoms with Gasteiger partial charge in [0.05, 0.1) is 17.4 Å². The largest absolute Gasteiger partial charge is 0.493 e. The molecule has 28 heavy (non-hydrogen) atoms. The average molecular weight is 419 g/mol. The molecule has 3 N–H and O–H groups in total. The molecule has 0 aromatic carbocycles. The molecule has 0 aliphatic heterocycles. The summed E-state index contributed by atoms with van der Waals surface area (Å²) in [7, 11) is 0. The van der Waals surface area contributed by atoms with E-state index in [0.29, 0.717) is 16.5 Å². The molecule has 1 aliphatic carbocycles. The molecule has 1 aliphatic rings. The maximum absolute atomic E-state index is 12.3. The number of nitrogens with zero attached hydrogens (tertiary/aromatic N) is 2. The number of aromatic hydroxyl groups is 1. The maximum atomic E-state index is 12.3. The van der Waals surface area contributed by atoms with Gasteiger partial charge in [0, 0.05) is 4.88 Å². The van der Waals surface area contributed by atoms with E-state index in [9.17, 15) is 20.0 Å². The van der Waals surface area contributed by atoms with Crippen LogP contribution in [-0.2, 0) is 17.6 Å². The first-order valence-electron chi connectivity index (χ1n) is 8.95. The van der Waals surface area contributed by atoms with Gasteiger partial charge in [-0.1, -0.05) is 32.5 Å². The van der Waals surface area contributed by atoms with Crippen molar-refractivity contribution in [3.05, 3.63) is 32.4 Å². The minimum atomic E-state index is -0.485. The fourth-order valence-corrected chi connectivity index (χ4v) is 5.28. The summed E-state index contributed by atoms with van der Waals surface area (Å²) >= 11 is 2.50. The first kappa shape index (κ1) is 20.4. The summed E-state index contributed by atoms with van der Waals surface area (Å²) in [5, 5.41) is 22.5. The van der Waals surface area contributed by atoms with Crippen molar-refractivity contribution in [1.82, 2.24) is 9.97 Å². The molecule has 0 bridgehead atoms. The van der Waals surface area contributed by atoms with Crippen LogP contribution in [0.3, 0.4) is 0 Å². The molecular weight excluding hydrogens is 396 g/mol. The lowest BCUT2D eigenvalue weighted by atomic mass is 9.72. The molecule has 3 rings (SSSR count). The Kier molecular flexibility index (Phi) is 5.82. The number of aromatic amines is 1. The summed E-state index contributed by atoms with van der Waals surface area (Å²) < 4.78 is 0. The second-order valence-electron chi connectivity index (χ2n) is 7.87. The Morgan fingerprint density at radius 3 is 2.93 bits per heavy atom. The highest BCUT2D eigenvalue weighted by molar-refractivity contribution is 7.99. The fraction of sp³-hybridized carbons (Fsp3) is 0.474. The van der Waals surface area contributed by atoms with Gasteiger partial charge in [-0.15, -0.1) is 11.3 Å². The average Bonchev–Trinajstić information content (AvgIpc) is 2.94. The summed E-state index contributed by atoms with van der Waals surface area (Å²) in [5.74, 6) is -0.126. The van der Waals surface area contributed by atoms with Crippen LogP contribution >= 0.6 is 23.1 Å². The Morgan fingerprint density at radius 1 is 1.54 bits per heavy atom. The van der Waals surface area contributed by atoms with Gasteiger partial charge in [-0.05, 0) is 36.2 Å². The third-order valence-electron chi connectivity index (χ3n) is 4.90. The lowest BCUT2D eigenvalue weighted by Crippen LogP contribution is -2.26. The normalized spacial score (nSPS) is 16.3. The number of carbonyl (C=O) groups is 1. The van der Waals surface area contributed by atoms with E-state index in [1.54, 1.807) is 0 Å². The molecule has 1 atom stereocenters. The monoisotopic (exact) mass is 418 g/mol. The highest BCUT2D eigenvalue weighted by Crippen LogP contribution is 2.44. The number of aromatic nitrogens is 2. The minimum absolute atomic E-state index is 0.00441. The second-order valence-corrected chi connectivity index (χ2v) is 9.94. The molecular formula is C19H22N4O3S2. The van der Waals surface area contributed by atoms with Crippen LogP contribution in [0.15, 0.2) is 16.0 Å². The van der Waals surface area contributed by atoms with Crippen molar-refractivity contribution in [2.75, 3.05) is 11.1 Å². The SMILES string of the molecule is CC(C)(C)C1CCc2c(sc(NC(=O)CSc3nc(O)cc(=O)[nH]3)c2C#N)C1. The summed E-state index contributed by atoms with van der Waals surface area (Å²) in [4.78, 5) is 31.1. The van der Waals surface area contributed by atoms with E-state index in [1.807, 2.05) is 0 Å². The lowest BCUT2D eigenvalue weighted by molar-refractivity contribution is -0.113. The molecule has 0 saturated heterocycles. The second kappa shape index (κ2) is 7.97. The Morgan fingerprint density at radius 2 is 2.29 bits per heavy atom. The molecule has 7 nitrogen and oxygen atoms in total. The number of rotatable bonds is 4. The number of hydrogen-bond acceptors (Lipinski definition) is 7. The van der Waals surface area contributed by atoms with E-state index in [1.165, 1.54) is 16.2 Å². The zero-order valence-corrected chi connectivity index (χ0v) is 17.6. The van der Waals surface area contributed by atoms with Gasteiger partial charge < -0.3 is 15.4 Å². The van der Waals surface area contributed by atoms with Crippen molar-refractivity contribution in [2.24, 2.45) is 11.3 Å². The Bertz CT molecular complexity index is 998. The molecule has 0 radical (unpaired) electrons. The number of fused-ring (bicyclic) bond motifs is 1. The predicted octanol–water partition coefficient (Wildman–Crippen LogP) is 3.29. The first-order valence-corrected chi connectivity index (χ1v) is 10.7. The third-order valence-corrected chi connectivity index (χ3v) is 6.94. The number of H-pyrrole nitrogens is 1. The predicted molar refractivity (Wildman–Crippen MR) is 110 cm³/mol. The van der Waals surface area contributed by atoms with Gasteiger partial charge >= 0.3 is 0 Å². The Labute approximate surface area is 171 Å². The van der Waals surface area contributed by atoms with Gasteiger partial charge in [-0.25, -0.2) is 0 Å². The molecule has 0 spiro atoms. The van der Waals surface area contributed by atoms with Crippen LogP contribution in [0.2, 0.25) is 0 Å². The van der Waals surface area contributed by atoms with Crippen molar-refractivity contribution in [2.45, 2.75) is 45.2 Å². The van der Waals surface area contributed by atoms with Gasteiger partial charge in [0.2, 0.25) is 11.8 Å². The Balaban J connectivity index is 1.70. The number of carbonyl (C=O) groups excluding carboxylic acids is 1. The summed E-state index contributed by atoms with van der Waals surface area (Å²) in [6, 6.07) is 3.21. The van der Waals surface area contributed by atoms with E-state index >= 15 is 0 Å². The number of amides is 1. The highest BCUT2D eigenvalue weighted by atomic mass is 32.2. The van der Waals surface area contributed by atoms with Crippen LogP contribution in [0.1, 0.15) is 43.2 Å². The minimum Gasteiger partial charge on any atom is -0.493 e. The quantitative estimate of drug-likeness (QED) is 0.518. The molecule has 2 aromatic heterocycles. The van der Waals surface area contributed by atoms with Crippen LogP contribution in [0, 0.1) is 22.7 Å². The van der Waals surface area contributed by atoms with Crippen LogP contribution in [0.4, 0.5) is 5.00 Å². The molecule has 148 valence electrons. The lowest BCUT2D eigenvalue weighted by Gasteiger charge is -2.33. The fourth-order valence-electron chi connectivity index (χ4n) is 3.32. The van der Waals surface area contributed by atoms with E-state index in [0.717, 1.165) is 42.7 Å². The van der Waals surface area contributed by atoms with Gasteiger partial charge in [0.1, 0.15) is 11.1 Å². The molecule has 2 aromatic rings. The topological polar surface area (TPSA) is 119 Å². The molecule has 0 fully saturated rings. The number of nitriles is 1. The van der Waals surface area contributed by atoms with E-state index in [-0.39, 0.29) is 22.2 Å². The zero-order chi connectivity index (χ0) is 20.5. The summed E-state index contributed by atoms with van der Waals surface area (Å²) in [5.41, 5.74) is 1.35. The van der Waals surface area contributed by atoms with E-state index in [2.05, 4.69) is 42.1 Å². The molecule has 9 heteroatoms. The van der Waals surface area contributed by atoms with Crippen molar-refractivity contribution < 1.29 is 9.90 Å². The Hall–Kier alpha value is -2.31. The maximum Gasteiger partial charge on any atom is 0.255 e. The van der Waals surface area contributed by atoms with Gasteiger partial charge in [-0.3, -0.25) is 9.59 Å². The molecule has 2 heterocycles. The number of thioether (sulfide) groups is 1. The molecule has 1 amide bonds. The van der Waals surface area contributed by atoms with Crippen LogP contribution in [0.5, 0.6) is 5.88 Å². The number of thiophene rings is 1. The van der Waals surface area contributed by atoms with E-state index in [4.69, 9.17) is 0 Å². The van der Waals surface area contributed by atoms with Crippen molar-refractivity contribution in [1.29, 1.82) is 5.26 Å². The van der Waals surface area contributed by atoms with Gasteiger partial charge in [0.15, 0.2) is 5.16 Å². The van der Waals surface area contributed by atoms with E-state index < -0.39 is 11.4 Å². The van der Waals surface area contributed by atoms with Crippen LogP contribution in [0.25, 0.3) is 0 Å². The summed E-state index contributed by atoms with van der Waals surface area (Å²) in [6.45, 7) is 6.71. The van der Waals surface area contributed by atoms with Crippen molar-refractivity contribution in [3.8, 4) is 11.9 Å². The van der Waals surface area contributed by atoms with Crippen LogP contribution in [-0.4, -0.2) is 26.7 Å². The third kappa shape index (κ3) is 4.56. The number of hydrogen-bond donors (Lipinski definition) is 3.